The molecule has 3 rings (SSSR count). The van der Waals surface area contributed by atoms with Crippen LogP contribution in [0.1, 0.15) is 38.9 Å². The molecule has 10 nitrogen and oxygen atoms in total. The lowest BCUT2D eigenvalue weighted by atomic mass is 10.1. The molecule has 1 amide bonds. The van der Waals surface area contributed by atoms with Crippen molar-refractivity contribution in [3.63, 3.8) is 0 Å². The Kier molecular flexibility index (Phi) is 5.83. The summed E-state index contributed by atoms with van der Waals surface area (Å²) in [7, 11) is 0. The van der Waals surface area contributed by atoms with Crippen LogP contribution < -0.4 is 16.7 Å². The van der Waals surface area contributed by atoms with Gasteiger partial charge in [-0.3, -0.25) is 14.2 Å². The molecule has 28 heavy (non-hydrogen) atoms. The number of nitrogens with one attached hydrogen (secondary N) is 1. The van der Waals surface area contributed by atoms with Crippen molar-refractivity contribution in [1.29, 1.82) is 0 Å². The highest BCUT2D eigenvalue weighted by atomic mass is 16.5. The molecule has 2 heterocycles. The number of amides is 1. The van der Waals surface area contributed by atoms with Gasteiger partial charge in [0.15, 0.2) is 0 Å². The number of hydrogen-bond acceptors (Lipinski definition) is 8. The molecular weight excluding hydrogens is 368 g/mol. The number of carbonyl (C=O) groups excluding carboxylic acids is 2. The molecule has 1 aromatic carbocycles. The molecule has 1 aliphatic heterocycles. The van der Waals surface area contributed by atoms with Gasteiger partial charge in [-0.25, -0.2) is 4.79 Å². The second-order valence-corrected chi connectivity index (χ2v) is 6.38. The lowest BCUT2D eigenvalue weighted by Crippen LogP contribution is -2.31. The molecule has 0 radical (unpaired) electrons. The average Bonchev–Trinajstić information content (AvgIpc) is 3.07. The number of benzene rings is 1. The number of nitrogens with zero attached hydrogens (tertiary/aromatic N) is 2. The van der Waals surface area contributed by atoms with Crippen LogP contribution in [0.4, 0.5) is 5.82 Å². The van der Waals surface area contributed by atoms with Gasteiger partial charge in [0, 0.05) is 35.9 Å². The van der Waals surface area contributed by atoms with Crippen LogP contribution in [0, 0.1) is 0 Å². The number of hydrogen-bond donors (Lipinski definition) is 4. The molecule has 1 fully saturated rings. The smallest absolute Gasteiger partial charge is 0.351 e. The van der Waals surface area contributed by atoms with Crippen molar-refractivity contribution >= 4 is 18.0 Å². The van der Waals surface area contributed by atoms with Gasteiger partial charge in [-0.2, -0.15) is 4.98 Å². The first kappa shape index (κ1) is 19.7. The Morgan fingerprint density at radius 3 is 2.71 bits per heavy atom. The van der Waals surface area contributed by atoms with E-state index in [9.17, 15) is 24.6 Å². The van der Waals surface area contributed by atoms with Crippen molar-refractivity contribution in [2.45, 2.75) is 31.4 Å². The predicted molar refractivity (Wildman–Crippen MR) is 97.5 cm³/mol. The Hall–Kier alpha value is -3.08. The SMILES string of the molecule is Nc1nc(=O)n(C2CC(O)C(CO)O2)cc1CNC(=O)c1ccc(C=O)cc1. The van der Waals surface area contributed by atoms with Gasteiger partial charge in [0.05, 0.1) is 12.7 Å². The minimum atomic E-state index is -0.906. The maximum Gasteiger partial charge on any atom is 0.351 e. The van der Waals surface area contributed by atoms with E-state index in [0.717, 1.165) is 0 Å². The highest BCUT2D eigenvalue weighted by Gasteiger charge is 2.35. The molecule has 0 aliphatic carbocycles. The summed E-state index contributed by atoms with van der Waals surface area (Å²) in [5.41, 5.74) is 6.34. The second-order valence-electron chi connectivity index (χ2n) is 6.38. The van der Waals surface area contributed by atoms with Gasteiger partial charge in [0.2, 0.25) is 0 Å². The van der Waals surface area contributed by atoms with Crippen LogP contribution in [0.2, 0.25) is 0 Å². The van der Waals surface area contributed by atoms with Crippen LogP contribution in [-0.4, -0.2) is 50.8 Å². The number of nitrogens with two attached hydrogens (primary N) is 1. The molecule has 1 aromatic heterocycles. The van der Waals surface area contributed by atoms with Crippen molar-refractivity contribution in [3.8, 4) is 0 Å². The number of carbonyl (C=O) groups is 2. The van der Waals surface area contributed by atoms with Crippen molar-refractivity contribution in [3.05, 3.63) is 57.6 Å². The Labute approximate surface area is 159 Å². The predicted octanol–water partition coefficient (Wildman–Crippen LogP) is -0.791. The standard InChI is InChI=1S/C18H20N4O6/c19-16-12(6-20-17(26)11-3-1-10(8-23)2-4-11)7-22(18(27)21-16)15-5-13(25)14(9-24)28-15/h1-4,7-8,13-15,24-25H,5-6,9H2,(H,20,26)(H2,19,21,27). The van der Waals surface area contributed by atoms with E-state index in [4.69, 9.17) is 10.5 Å². The molecule has 0 saturated carbocycles. The van der Waals surface area contributed by atoms with Crippen LogP contribution in [0.15, 0.2) is 35.3 Å². The Bertz CT molecular complexity index is 927. The molecule has 0 spiro atoms. The molecular formula is C18H20N4O6. The van der Waals surface area contributed by atoms with Gasteiger partial charge < -0.3 is 26.0 Å². The largest absolute Gasteiger partial charge is 0.394 e. The van der Waals surface area contributed by atoms with E-state index < -0.39 is 24.1 Å². The molecule has 5 N–H and O–H groups in total. The third-order valence-electron chi connectivity index (χ3n) is 4.50. The number of anilines is 1. The van der Waals surface area contributed by atoms with Gasteiger partial charge in [-0.1, -0.05) is 12.1 Å². The molecule has 3 atom stereocenters. The first-order chi connectivity index (χ1) is 13.4. The fourth-order valence-corrected chi connectivity index (χ4v) is 2.91. The van der Waals surface area contributed by atoms with E-state index in [-0.39, 0.29) is 31.3 Å². The fraction of sp³-hybridized carbons (Fsp3) is 0.333. The molecule has 2 aromatic rings. The molecule has 1 saturated heterocycles. The first-order valence-corrected chi connectivity index (χ1v) is 8.58. The van der Waals surface area contributed by atoms with Crippen molar-refractivity contribution in [2.24, 2.45) is 0 Å². The number of ether oxygens (including phenoxy) is 1. The Morgan fingerprint density at radius 1 is 1.39 bits per heavy atom. The zero-order valence-corrected chi connectivity index (χ0v) is 14.8. The van der Waals surface area contributed by atoms with E-state index in [1.54, 1.807) is 0 Å². The fourth-order valence-electron chi connectivity index (χ4n) is 2.91. The lowest BCUT2D eigenvalue weighted by molar-refractivity contribution is -0.0459. The zero-order valence-electron chi connectivity index (χ0n) is 14.8. The summed E-state index contributed by atoms with van der Waals surface area (Å²) in [6, 6.07) is 6.09. The maximum absolute atomic E-state index is 12.2. The summed E-state index contributed by atoms with van der Waals surface area (Å²) in [5.74, 6) is -0.419. The van der Waals surface area contributed by atoms with Gasteiger partial charge >= 0.3 is 5.69 Å². The van der Waals surface area contributed by atoms with Gasteiger partial charge in [-0.15, -0.1) is 0 Å². The van der Waals surface area contributed by atoms with Gasteiger partial charge in [0.1, 0.15) is 24.4 Å². The number of aromatic nitrogens is 2. The topological polar surface area (TPSA) is 157 Å². The maximum atomic E-state index is 12.2. The third-order valence-corrected chi connectivity index (χ3v) is 4.50. The first-order valence-electron chi connectivity index (χ1n) is 8.58. The highest BCUT2D eigenvalue weighted by Crippen LogP contribution is 2.27. The summed E-state index contributed by atoms with van der Waals surface area (Å²) >= 11 is 0. The number of nitrogen functional groups attached to an aromatic ring is 1. The third kappa shape index (κ3) is 4.09. The van der Waals surface area contributed by atoms with Crippen molar-refractivity contribution in [1.82, 2.24) is 14.9 Å². The number of rotatable bonds is 6. The zero-order chi connectivity index (χ0) is 20.3. The van der Waals surface area contributed by atoms with Gasteiger partial charge in [0.25, 0.3) is 5.91 Å². The monoisotopic (exact) mass is 388 g/mol. The summed E-state index contributed by atoms with van der Waals surface area (Å²) in [6.45, 7) is -0.368. The van der Waals surface area contributed by atoms with Crippen molar-refractivity contribution in [2.75, 3.05) is 12.3 Å². The molecule has 1 aliphatic rings. The van der Waals surface area contributed by atoms with Crippen LogP contribution in [0.3, 0.4) is 0 Å². The molecule has 0 bridgehead atoms. The van der Waals surface area contributed by atoms with E-state index in [2.05, 4.69) is 10.3 Å². The minimum absolute atomic E-state index is 0.00603. The van der Waals surface area contributed by atoms with E-state index >= 15 is 0 Å². The Morgan fingerprint density at radius 2 is 2.11 bits per heavy atom. The van der Waals surface area contributed by atoms with E-state index in [1.807, 2.05) is 0 Å². The highest BCUT2D eigenvalue weighted by molar-refractivity contribution is 5.94. The van der Waals surface area contributed by atoms with Crippen LogP contribution in [-0.2, 0) is 11.3 Å². The van der Waals surface area contributed by atoms with Crippen LogP contribution >= 0.6 is 0 Å². The van der Waals surface area contributed by atoms with E-state index in [1.165, 1.54) is 35.0 Å². The molecule has 3 unspecified atom stereocenters. The second kappa shape index (κ2) is 8.30. The summed E-state index contributed by atoms with van der Waals surface area (Å²) < 4.78 is 6.64. The Balaban J connectivity index is 1.74. The van der Waals surface area contributed by atoms with Crippen LogP contribution in [0.5, 0.6) is 0 Å². The normalized spacial score (nSPS) is 21.4. The molecule has 10 heteroatoms. The number of aldehydes is 1. The van der Waals surface area contributed by atoms with E-state index in [0.29, 0.717) is 23.0 Å². The van der Waals surface area contributed by atoms with Crippen molar-refractivity contribution < 1.29 is 24.5 Å². The molecule has 148 valence electrons. The summed E-state index contributed by atoms with van der Waals surface area (Å²) in [5, 5.41) is 21.7. The quantitative estimate of drug-likeness (QED) is 0.469. The van der Waals surface area contributed by atoms with Gasteiger partial charge in [-0.05, 0) is 12.1 Å². The van der Waals surface area contributed by atoms with Crippen LogP contribution in [0.25, 0.3) is 0 Å². The number of aliphatic hydroxyl groups is 2. The average molecular weight is 388 g/mol. The summed E-state index contributed by atoms with van der Waals surface area (Å²) in [4.78, 5) is 38.8. The summed E-state index contributed by atoms with van der Waals surface area (Å²) in [6.07, 6.45) is -0.272. The minimum Gasteiger partial charge on any atom is -0.394 e. The lowest BCUT2D eigenvalue weighted by Gasteiger charge is -2.16. The number of aliphatic hydroxyl groups excluding tert-OH is 2.